The zero-order valence-corrected chi connectivity index (χ0v) is 9.03. The Morgan fingerprint density at radius 1 is 1.33 bits per heavy atom. The number of para-hydroxylation sites is 1. The molecular formula is C13H16N2. The third-order valence-corrected chi connectivity index (χ3v) is 3.43. The quantitative estimate of drug-likeness (QED) is 0.747. The van der Waals surface area contributed by atoms with Crippen LogP contribution in [0, 0.1) is 0 Å². The van der Waals surface area contributed by atoms with Crippen molar-refractivity contribution in [3.63, 3.8) is 0 Å². The van der Waals surface area contributed by atoms with Crippen LogP contribution in [0.2, 0.25) is 0 Å². The molecule has 1 aliphatic heterocycles. The van der Waals surface area contributed by atoms with E-state index in [0.29, 0.717) is 5.92 Å². The van der Waals surface area contributed by atoms with Crippen LogP contribution >= 0.6 is 0 Å². The molecule has 2 aromatic rings. The molecule has 0 aliphatic carbocycles. The average molecular weight is 200 g/mol. The maximum atomic E-state index is 3.44. The lowest BCUT2D eigenvalue weighted by Gasteiger charge is -2.11. The van der Waals surface area contributed by atoms with Gasteiger partial charge in [-0.2, -0.15) is 0 Å². The Balaban J connectivity index is 2.19. The van der Waals surface area contributed by atoms with Crippen molar-refractivity contribution in [3.05, 3.63) is 36.0 Å². The van der Waals surface area contributed by atoms with Crippen LogP contribution in [-0.4, -0.2) is 17.7 Å². The minimum atomic E-state index is 0.697. The number of hydrogen-bond acceptors (Lipinski definition) is 1. The molecule has 78 valence electrons. The minimum absolute atomic E-state index is 0.697. The Labute approximate surface area is 89.9 Å². The van der Waals surface area contributed by atoms with Crippen LogP contribution in [0.25, 0.3) is 10.9 Å². The molecule has 0 radical (unpaired) electrons. The molecule has 1 atom stereocenters. The van der Waals surface area contributed by atoms with Crippen LogP contribution < -0.4 is 5.32 Å². The summed E-state index contributed by atoms with van der Waals surface area (Å²) in [5.74, 6) is 0.697. The maximum absolute atomic E-state index is 3.44. The van der Waals surface area contributed by atoms with Crippen LogP contribution in [0.5, 0.6) is 0 Å². The van der Waals surface area contributed by atoms with Gasteiger partial charge in [0.05, 0.1) is 5.52 Å². The van der Waals surface area contributed by atoms with Crippen LogP contribution in [0.15, 0.2) is 30.5 Å². The highest BCUT2D eigenvalue weighted by Gasteiger charge is 2.19. The maximum Gasteiger partial charge on any atom is 0.0513 e. The molecule has 2 heteroatoms. The minimum Gasteiger partial charge on any atom is -0.350 e. The smallest absolute Gasteiger partial charge is 0.0513 e. The van der Waals surface area contributed by atoms with Gasteiger partial charge in [0.15, 0.2) is 0 Å². The van der Waals surface area contributed by atoms with E-state index in [9.17, 15) is 0 Å². The fourth-order valence-corrected chi connectivity index (χ4v) is 2.64. The van der Waals surface area contributed by atoms with Crippen LogP contribution in [0.3, 0.4) is 0 Å². The summed E-state index contributed by atoms with van der Waals surface area (Å²) in [6.45, 7) is 2.29. The van der Waals surface area contributed by atoms with Gasteiger partial charge in [-0.3, -0.25) is 0 Å². The lowest BCUT2D eigenvalue weighted by molar-refractivity contribution is 0.763. The van der Waals surface area contributed by atoms with Crippen molar-refractivity contribution in [1.82, 2.24) is 9.88 Å². The molecule has 1 fully saturated rings. The summed E-state index contributed by atoms with van der Waals surface area (Å²) in [7, 11) is 2.13. The van der Waals surface area contributed by atoms with E-state index in [1.807, 2.05) is 0 Å². The summed E-state index contributed by atoms with van der Waals surface area (Å²) in [6.07, 6.45) is 3.42. The number of aryl methyl sites for hydroxylation is 1. The molecule has 0 spiro atoms. The number of aromatic nitrogens is 1. The van der Waals surface area contributed by atoms with Gasteiger partial charge in [-0.1, -0.05) is 18.2 Å². The third kappa shape index (κ3) is 1.37. The first kappa shape index (κ1) is 8.98. The molecule has 1 unspecified atom stereocenters. The number of nitrogens with zero attached hydrogens (tertiary/aromatic N) is 1. The van der Waals surface area contributed by atoms with E-state index in [-0.39, 0.29) is 0 Å². The molecule has 1 aromatic heterocycles. The lowest BCUT2D eigenvalue weighted by Crippen LogP contribution is -2.08. The summed E-state index contributed by atoms with van der Waals surface area (Å²) in [5, 5.41) is 4.80. The second-order valence-corrected chi connectivity index (χ2v) is 4.40. The molecule has 1 aromatic carbocycles. The van der Waals surface area contributed by atoms with E-state index < -0.39 is 0 Å². The predicted octanol–water partition coefficient (Wildman–Crippen LogP) is 2.26. The van der Waals surface area contributed by atoms with Gasteiger partial charge in [-0.15, -0.1) is 0 Å². The second kappa shape index (κ2) is 3.38. The largest absolute Gasteiger partial charge is 0.350 e. The monoisotopic (exact) mass is 200 g/mol. The summed E-state index contributed by atoms with van der Waals surface area (Å²) in [5.41, 5.74) is 2.91. The normalized spacial score (nSPS) is 21.3. The first-order chi connectivity index (χ1) is 7.36. The third-order valence-electron chi connectivity index (χ3n) is 3.43. The lowest BCUT2D eigenvalue weighted by atomic mass is 9.96. The second-order valence-electron chi connectivity index (χ2n) is 4.40. The van der Waals surface area contributed by atoms with Crippen LogP contribution in [0.4, 0.5) is 0 Å². The van der Waals surface area contributed by atoms with Crippen molar-refractivity contribution in [2.45, 2.75) is 12.3 Å². The van der Waals surface area contributed by atoms with Crippen molar-refractivity contribution < 1.29 is 0 Å². The number of fused-ring (bicyclic) bond motifs is 1. The van der Waals surface area contributed by atoms with Crippen molar-refractivity contribution in [2.24, 2.45) is 7.05 Å². The zero-order chi connectivity index (χ0) is 10.3. The fourth-order valence-electron chi connectivity index (χ4n) is 2.64. The van der Waals surface area contributed by atoms with Crippen molar-refractivity contribution in [1.29, 1.82) is 0 Å². The topological polar surface area (TPSA) is 17.0 Å². The highest BCUT2D eigenvalue weighted by Crippen LogP contribution is 2.29. The molecule has 1 N–H and O–H groups in total. The van der Waals surface area contributed by atoms with Gasteiger partial charge in [0.2, 0.25) is 0 Å². The molecule has 0 bridgehead atoms. The zero-order valence-electron chi connectivity index (χ0n) is 9.03. The van der Waals surface area contributed by atoms with Crippen molar-refractivity contribution >= 4 is 10.9 Å². The molecule has 2 nitrogen and oxygen atoms in total. The van der Waals surface area contributed by atoms with Crippen molar-refractivity contribution in [2.75, 3.05) is 13.1 Å². The van der Waals surface area contributed by atoms with E-state index in [1.54, 1.807) is 0 Å². The summed E-state index contributed by atoms with van der Waals surface area (Å²) in [4.78, 5) is 0. The van der Waals surface area contributed by atoms with E-state index in [0.717, 1.165) is 13.1 Å². The average Bonchev–Trinajstić information content (AvgIpc) is 2.88. The molecule has 15 heavy (non-hydrogen) atoms. The van der Waals surface area contributed by atoms with Crippen molar-refractivity contribution in [3.8, 4) is 0 Å². The van der Waals surface area contributed by atoms with E-state index in [1.165, 1.54) is 22.9 Å². The Hall–Kier alpha value is -1.28. The van der Waals surface area contributed by atoms with Gasteiger partial charge in [0.25, 0.3) is 0 Å². The summed E-state index contributed by atoms with van der Waals surface area (Å²) in [6, 6.07) is 8.85. The van der Waals surface area contributed by atoms with Gasteiger partial charge < -0.3 is 9.88 Å². The molecule has 2 heterocycles. The Kier molecular flexibility index (Phi) is 2.03. The number of benzene rings is 1. The molecule has 3 rings (SSSR count). The number of nitrogens with one attached hydrogen (secondary N) is 1. The van der Waals surface area contributed by atoms with Gasteiger partial charge in [-0.05, 0) is 35.9 Å². The highest BCUT2D eigenvalue weighted by atomic mass is 14.9. The van der Waals surface area contributed by atoms with Gasteiger partial charge in [0, 0.05) is 19.8 Å². The number of hydrogen-bond donors (Lipinski definition) is 1. The first-order valence-electron chi connectivity index (χ1n) is 5.61. The van der Waals surface area contributed by atoms with E-state index in [2.05, 4.69) is 47.4 Å². The summed E-state index contributed by atoms with van der Waals surface area (Å²) >= 11 is 0. The molecular weight excluding hydrogens is 184 g/mol. The molecule has 0 saturated carbocycles. The van der Waals surface area contributed by atoms with Gasteiger partial charge in [0.1, 0.15) is 0 Å². The standard InChI is InChI=1S/C13H16N2/c1-15-8-6-10-3-2-4-12(13(10)15)11-5-7-14-9-11/h2-4,6,8,11,14H,5,7,9H2,1H3. The van der Waals surface area contributed by atoms with E-state index >= 15 is 0 Å². The molecule has 0 amide bonds. The Morgan fingerprint density at radius 3 is 3.07 bits per heavy atom. The summed E-state index contributed by atoms with van der Waals surface area (Å²) < 4.78 is 2.24. The van der Waals surface area contributed by atoms with Crippen LogP contribution in [0.1, 0.15) is 17.9 Å². The Bertz CT molecular complexity index is 478. The fraction of sp³-hybridized carbons (Fsp3) is 0.385. The predicted molar refractivity (Wildman–Crippen MR) is 63.1 cm³/mol. The first-order valence-corrected chi connectivity index (χ1v) is 5.61. The molecule has 1 saturated heterocycles. The van der Waals surface area contributed by atoms with E-state index in [4.69, 9.17) is 0 Å². The SMILES string of the molecule is Cn1ccc2cccc(C3CCNC3)c21. The van der Waals surface area contributed by atoms with Crippen LogP contribution in [-0.2, 0) is 7.05 Å². The Morgan fingerprint density at radius 2 is 2.27 bits per heavy atom. The van der Waals surface area contributed by atoms with Gasteiger partial charge >= 0.3 is 0 Å². The highest BCUT2D eigenvalue weighted by molar-refractivity contribution is 5.83. The number of rotatable bonds is 1. The van der Waals surface area contributed by atoms with Gasteiger partial charge in [-0.25, -0.2) is 0 Å². The molecule has 1 aliphatic rings.